The second-order valence-electron chi connectivity index (χ2n) is 4.45. The summed E-state index contributed by atoms with van der Waals surface area (Å²) in [7, 11) is 0. The Balaban J connectivity index is 3.90. The van der Waals surface area contributed by atoms with E-state index in [2.05, 4.69) is 38.4 Å². The summed E-state index contributed by atoms with van der Waals surface area (Å²) in [6, 6.07) is 0. The molecule has 15 heavy (non-hydrogen) atoms. The summed E-state index contributed by atoms with van der Waals surface area (Å²) in [5, 5.41) is 4.15. The van der Waals surface area contributed by atoms with Gasteiger partial charge in [0.25, 0.3) is 0 Å². The van der Waals surface area contributed by atoms with Gasteiger partial charge in [-0.2, -0.15) is 0 Å². The molecule has 0 N–H and O–H groups in total. The molecule has 0 spiro atoms. The maximum atomic E-state index is 3.70. The molecule has 0 amide bonds. The molecule has 0 aromatic heterocycles. The minimum atomic E-state index is -1.66. The molecule has 88 valence electrons. The average Bonchev–Trinajstić information content (AvgIpc) is 2.29. The standard InChI is InChI=1S/C14H28Ge/c1-5-9-10-11-12-13-14-15(6-2,7-3)8-4/h5-12H2,1-4H3. The second kappa shape index (κ2) is 9.34. The predicted molar refractivity (Wildman–Crippen MR) is 73.7 cm³/mol. The molecule has 0 saturated heterocycles. The maximum absolute atomic E-state index is 3.70. The van der Waals surface area contributed by atoms with Crippen LogP contribution in [0.2, 0.25) is 15.8 Å². The van der Waals surface area contributed by atoms with Gasteiger partial charge in [0.15, 0.2) is 0 Å². The third-order valence-electron chi connectivity index (χ3n) is 3.54. The molecule has 0 atom stereocenters. The van der Waals surface area contributed by atoms with Crippen molar-refractivity contribution in [2.75, 3.05) is 0 Å². The molecule has 0 aromatic rings. The van der Waals surface area contributed by atoms with E-state index >= 15 is 0 Å². The van der Waals surface area contributed by atoms with Crippen molar-refractivity contribution in [1.29, 1.82) is 0 Å². The zero-order valence-electron chi connectivity index (χ0n) is 11.2. The first-order chi connectivity index (χ1) is 7.24. The van der Waals surface area contributed by atoms with Crippen molar-refractivity contribution in [1.82, 2.24) is 0 Å². The summed E-state index contributed by atoms with van der Waals surface area (Å²) in [4.78, 5) is 0. The van der Waals surface area contributed by atoms with Crippen molar-refractivity contribution < 1.29 is 0 Å². The summed E-state index contributed by atoms with van der Waals surface area (Å²) < 4.78 is 3.70. The van der Waals surface area contributed by atoms with Crippen LogP contribution in [0.5, 0.6) is 0 Å². The Labute approximate surface area is 99.6 Å². The van der Waals surface area contributed by atoms with Gasteiger partial charge in [0.05, 0.1) is 0 Å². The molecule has 0 bridgehead atoms. The molecular formula is C14H28Ge. The van der Waals surface area contributed by atoms with Crippen LogP contribution in [0.4, 0.5) is 0 Å². The molecule has 0 rings (SSSR count). The van der Waals surface area contributed by atoms with Gasteiger partial charge in [-0.1, -0.05) is 0 Å². The van der Waals surface area contributed by atoms with E-state index in [9.17, 15) is 0 Å². The van der Waals surface area contributed by atoms with E-state index in [1.54, 1.807) is 0 Å². The van der Waals surface area contributed by atoms with Crippen molar-refractivity contribution in [3.63, 3.8) is 0 Å². The van der Waals surface area contributed by atoms with Gasteiger partial charge >= 0.3 is 99.5 Å². The van der Waals surface area contributed by atoms with Gasteiger partial charge in [0.1, 0.15) is 0 Å². The summed E-state index contributed by atoms with van der Waals surface area (Å²) in [6.07, 6.45) is 6.54. The van der Waals surface area contributed by atoms with E-state index < -0.39 is 13.3 Å². The van der Waals surface area contributed by atoms with E-state index in [1.807, 2.05) is 0 Å². The first kappa shape index (κ1) is 15.1. The monoisotopic (exact) mass is 270 g/mol. The van der Waals surface area contributed by atoms with E-state index in [0.717, 1.165) is 6.42 Å². The molecule has 0 saturated carbocycles. The normalized spacial score (nSPS) is 10.9. The Morgan fingerprint density at radius 3 is 1.87 bits per heavy atom. The van der Waals surface area contributed by atoms with Gasteiger partial charge < -0.3 is 0 Å². The molecule has 0 fully saturated rings. The quantitative estimate of drug-likeness (QED) is 0.346. The second-order valence-corrected chi connectivity index (χ2v) is 14.8. The summed E-state index contributed by atoms with van der Waals surface area (Å²) in [5.41, 5.74) is 0. The molecule has 0 aliphatic carbocycles. The number of rotatable bonds is 7. The average molecular weight is 269 g/mol. The molecule has 0 aliphatic heterocycles. The fraction of sp³-hybridized carbons (Fsp3) is 0.857. The molecular weight excluding hydrogens is 241 g/mol. The van der Waals surface area contributed by atoms with Crippen LogP contribution in [0.25, 0.3) is 0 Å². The third-order valence-corrected chi connectivity index (χ3v) is 13.5. The van der Waals surface area contributed by atoms with Gasteiger partial charge in [0.2, 0.25) is 0 Å². The van der Waals surface area contributed by atoms with Crippen LogP contribution in [0.15, 0.2) is 0 Å². The van der Waals surface area contributed by atoms with Crippen molar-refractivity contribution in [2.24, 2.45) is 0 Å². The van der Waals surface area contributed by atoms with E-state index in [-0.39, 0.29) is 0 Å². The van der Waals surface area contributed by atoms with Crippen molar-refractivity contribution in [2.45, 2.75) is 75.6 Å². The van der Waals surface area contributed by atoms with Crippen LogP contribution in [-0.4, -0.2) is 13.3 Å². The number of unbranched alkanes of at least 4 members (excludes halogenated alkanes) is 4. The van der Waals surface area contributed by atoms with Gasteiger partial charge in [-0.15, -0.1) is 0 Å². The van der Waals surface area contributed by atoms with Gasteiger partial charge in [0, 0.05) is 0 Å². The molecule has 0 heterocycles. The number of hydrogen-bond acceptors (Lipinski definition) is 0. The van der Waals surface area contributed by atoms with Crippen LogP contribution < -0.4 is 0 Å². The third kappa shape index (κ3) is 6.30. The van der Waals surface area contributed by atoms with Crippen molar-refractivity contribution in [3.8, 4) is 10.7 Å². The fourth-order valence-electron chi connectivity index (χ4n) is 1.91. The summed E-state index contributed by atoms with van der Waals surface area (Å²) >= 11 is -1.66. The summed E-state index contributed by atoms with van der Waals surface area (Å²) in [6.45, 7) is 9.30. The topological polar surface area (TPSA) is 0 Å². The van der Waals surface area contributed by atoms with Gasteiger partial charge in [-0.3, -0.25) is 0 Å². The van der Waals surface area contributed by atoms with E-state index in [0.29, 0.717) is 0 Å². The van der Waals surface area contributed by atoms with E-state index in [1.165, 1.54) is 41.4 Å². The van der Waals surface area contributed by atoms with Crippen LogP contribution in [0, 0.1) is 10.7 Å². The van der Waals surface area contributed by atoms with Crippen LogP contribution in [0.3, 0.4) is 0 Å². The Kier molecular flexibility index (Phi) is 9.40. The number of hydrogen-bond donors (Lipinski definition) is 0. The van der Waals surface area contributed by atoms with Gasteiger partial charge in [-0.25, -0.2) is 0 Å². The molecule has 0 aromatic carbocycles. The minimum absolute atomic E-state index is 1.15. The van der Waals surface area contributed by atoms with Crippen molar-refractivity contribution in [3.05, 3.63) is 0 Å². The molecule has 1 heteroatoms. The Morgan fingerprint density at radius 2 is 1.40 bits per heavy atom. The predicted octanol–water partition coefficient (Wildman–Crippen LogP) is 5.01. The van der Waals surface area contributed by atoms with Crippen LogP contribution in [0.1, 0.15) is 59.8 Å². The zero-order chi connectivity index (χ0) is 11.6. The first-order valence-corrected chi connectivity index (χ1v) is 12.2. The van der Waals surface area contributed by atoms with Crippen molar-refractivity contribution >= 4 is 13.3 Å². The first-order valence-electron chi connectivity index (χ1n) is 6.74. The molecule has 0 nitrogen and oxygen atoms in total. The SMILES string of the molecule is CCCCCCC#[C][Ge]([CH2]C)([CH2]C)[CH2]C. The Hall–Kier alpha value is 0.103. The Morgan fingerprint density at radius 1 is 0.800 bits per heavy atom. The molecule has 0 unspecified atom stereocenters. The van der Waals surface area contributed by atoms with Crippen LogP contribution >= 0.6 is 0 Å². The summed E-state index contributed by atoms with van der Waals surface area (Å²) in [5.74, 6) is 3.47. The zero-order valence-corrected chi connectivity index (χ0v) is 13.3. The van der Waals surface area contributed by atoms with Gasteiger partial charge in [-0.05, 0) is 0 Å². The Bertz CT molecular complexity index is 185. The molecule has 0 radical (unpaired) electrons. The van der Waals surface area contributed by atoms with Crippen LogP contribution in [-0.2, 0) is 0 Å². The molecule has 0 aliphatic rings. The fourth-order valence-corrected chi connectivity index (χ4v) is 7.21. The van der Waals surface area contributed by atoms with E-state index in [4.69, 9.17) is 0 Å².